The van der Waals surface area contributed by atoms with Gasteiger partial charge in [-0.05, 0) is 31.4 Å². The van der Waals surface area contributed by atoms with Crippen LogP contribution < -0.4 is 10.2 Å². The third-order valence-electron chi connectivity index (χ3n) is 4.97. The summed E-state index contributed by atoms with van der Waals surface area (Å²) >= 11 is 0. The summed E-state index contributed by atoms with van der Waals surface area (Å²) in [6, 6.07) is 8.56. The summed E-state index contributed by atoms with van der Waals surface area (Å²) in [5.74, 6) is 0.186. The molecule has 0 saturated carbocycles. The molecule has 1 N–H and O–H groups in total. The van der Waals surface area contributed by atoms with Crippen molar-refractivity contribution in [2.24, 2.45) is 0 Å². The van der Waals surface area contributed by atoms with Crippen LogP contribution >= 0.6 is 0 Å². The number of nitrogens with zero attached hydrogens (tertiary/aromatic N) is 1. The first-order valence-corrected chi connectivity index (χ1v) is 7.21. The van der Waals surface area contributed by atoms with Gasteiger partial charge in [0.25, 0.3) is 0 Å². The maximum absolute atomic E-state index is 12.0. The first-order valence-electron chi connectivity index (χ1n) is 7.21. The number of hydrogen-bond donors (Lipinski definition) is 1. The number of piperidine rings is 1. The number of carbonyl (C=O) groups excluding carboxylic acids is 1. The molecule has 1 amide bonds. The van der Waals surface area contributed by atoms with Crippen molar-refractivity contribution >= 4 is 11.6 Å². The minimum atomic E-state index is -0.249. The topological polar surface area (TPSA) is 32.3 Å². The Labute approximate surface area is 115 Å². The van der Waals surface area contributed by atoms with Gasteiger partial charge in [0.05, 0.1) is 0 Å². The zero-order valence-electron chi connectivity index (χ0n) is 12.0. The average molecular weight is 258 g/mol. The summed E-state index contributed by atoms with van der Waals surface area (Å²) in [6.07, 6.45) is 2.65. The highest BCUT2D eigenvalue weighted by Crippen LogP contribution is 2.53. The molecule has 1 aromatic rings. The first kappa shape index (κ1) is 12.5. The molecule has 0 bridgehead atoms. The van der Waals surface area contributed by atoms with Gasteiger partial charge in [-0.2, -0.15) is 0 Å². The van der Waals surface area contributed by atoms with E-state index in [2.05, 4.69) is 55.3 Å². The van der Waals surface area contributed by atoms with Gasteiger partial charge in [0.2, 0.25) is 5.91 Å². The number of hydrogen-bond acceptors (Lipinski definition) is 2. The molecule has 1 fully saturated rings. The van der Waals surface area contributed by atoms with Crippen molar-refractivity contribution < 1.29 is 4.79 Å². The fourth-order valence-corrected chi connectivity index (χ4v) is 3.98. The van der Waals surface area contributed by atoms with E-state index in [9.17, 15) is 4.79 Å². The molecule has 1 aromatic carbocycles. The summed E-state index contributed by atoms with van der Waals surface area (Å²) in [5.41, 5.74) is 2.31. The Bertz CT molecular complexity index is 523. The maximum Gasteiger partial charge on any atom is 0.221 e. The Kier molecular flexibility index (Phi) is 2.63. The smallest absolute Gasteiger partial charge is 0.221 e. The van der Waals surface area contributed by atoms with Crippen LogP contribution in [0.3, 0.4) is 0 Å². The molecule has 0 aromatic heterocycles. The Morgan fingerprint density at radius 3 is 2.74 bits per heavy atom. The van der Waals surface area contributed by atoms with Crippen LogP contribution in [-0.2, 0) is 10.2 Å². The molecular weight excluding hydrogens is 236 g/mol. The van der Waals surface area contributed by atoms with Crippen LogP contribution in [0.25, 0.3) is 0 Å². The number of amides is 1. The summed E-state index contributed by atoms with van der Waals surface area (Å²) < 4.78 is 0. The zero-order valence-corrected chi connectivity index (χ0v) is 12.0. The highest BCUT2D eigenvalue weighted by molar-refractivity contribution is 5.81. The molecule has 1 saturated heterocycles. The lowest BCUT2D eigenvalue weighted by molar-refractivity contribution is -0.126. The van der Waals surface area contributed by atoms with Crippen LogP contribution in [0.4, 0.5) is 5.69 Å². The van der Waals surface area contributed by atoms with Crippen LogP contribution in [0.15, 0.2) is 24.3 Å². The molecule has 3 nitrogen and oxygen atoms in total. The largest absolute Gasteiger partial charge is 0.348 e. The fourth-order valence-electron chi connectivity index (χ4n) is 3.98. The molecule has 3 heteroatoms. The van der Waals surface area contributed by atoms with Gasteiger partial charge in [0.15, 0.2) is 0 Å². The van der Waals surface area contributed by atoms with Crippen LogP contribution in [0, 0.1) is 0 Å². The molecule has 0 aliphatic carbocycles. The lowest BCUT2D eigenvalue weighted by Gasteiger charge is -2.50. The van der Waals surface area contributed by atoms with Crippen LogP contribution in [0.1, 0.15) is 45.6 Å². The number of nitrogens with one attached hydrogen (secondary N) is 1. The molecule has 0 unspecified atom stereocenters. The second-order valence-electron chi connectivity index (χ2n) is 6.15. The fraction of sp³-hybridized carbons (Fsp3) is 0.562. The van der Waals surface area contributed by atoms with Crippen molar-refractivity contribution in [2.75, 3.05) is 11.4 Å². The van der Waals surface area contributed by atoms with Crippen LogP contribution in [0.5, 0.6) is 0 Å². The van der Waals surface area contributed by atoms with Gasteiger partial charge < -0.3 is 10.2 Å². The van der Waals surface area contributed by atoms with Crippen LogP contribution in [-0.4, -0.2) is 18.1 Å². The predicted molar refractivity (Wildman–Crippen MR) is 77.2 cm³/mol. The molecule has 2 aliphatic rings. The standard InChI is InChI=1S/C16H22N2O/c1-4-18-13-9-6-5-8-12(13)15(2,3)16(18)11-7-10-14(19)17-16/h5-6,8-9H,4,7,10-11H2,1-3H3,(H,17,19)/t16-/m0/s1. The second-order valence-corrected chi connectivity index (χ2v) is 6.15. The molecular formula is C16H22N2O. The number of para-hydroxylation sites is 1. The van der Waals surface area contributed by atoms with E-state index in [1.54, 1.807) is 0 Å². The van der Waals surface area contributed by atoms with Crippen molar-refractivity contribution in [3.63, 3.8) is 0 Å². The van der Waals surface area contributed by atoms with E-state index in [0.717, 1.165) is 19.4 Å². The Hall–Kier alpha value is -1.51. The normalized spacial score (nSPS) is 28.4. The van der Waals surface area contributed by atoms with Gasteiger partial charge in [-0.1, -0.05) is 32.0 Å². The van der Waals surface area contributed by atoms with Gasteiger partial charge in [-0.15, -0.1) is 0 Å². The number of fused-ring (bicyclic) bond motifs is 1. The summed E-state index contributed by atoms with van der Waals surface area (Å²) in [5, 5.41) is 3.32. The van der Waals surface area contributed by atoms with E-state index in [0.29, 0.717) is 6.42 Å². The van der Waals surface area contributed by atoms with E-state index in [-0.39, 0.29) is 17.0 Å². The minimum absolute atomic E-state index is 0.0598. The monoisotopic (exact) mass is 258 g/mol. The lowest BCUT2D eigenvalue weighted by atomic mass is 9.72. The summed E-state index contributed by atoms with van der Waals surface area (Å²) in [6.45, 7) is 7.60. The second kappa shape index (κ2) is 3.99. The minimum Gasteiger partial charge on any atom is -0.348 e. The molecule has 1 spiro atoms. The molecule has 102 valence electrons. The van der Waals surface area contributed by atoms with Crippen molar-refractivity contribution in [2.45, 2.75) is 51.1 Å². The first-order chi connectivity index (χ1) is 9.03. The van der Waals surface area contributed by atoms with Crippen molar-refractivity contribution in [1.29, 1.82) is 0 Å². The van der Waals surface area contributed by atoms with Gasteiger partial charge >= 0.3 is 0 Å². The van der Waals surface area contributed by atoms with Gasteiger partial charge in [0.1, 0.15) is 5.66 Å². The van der Waals surface area contributed by atoms with E-state index in [1.165, 1.54) is 11.3 Å². The lowest BCUT2D eigenvalue weighted by Crippen LogP contribution is -2.68. The molecule has 2 heterocycles. The Balaban J connectivity index is 2.18. The van der Waals surface area contributed by atoms with E-state index < -0.39 is 0 Å². The molecule has 0 radical (unpaired) electrons. The summed E-state index contributed by atoms with van der Waals surface area (Å²) in [4.78, 5) is 14.4. The van der Waals surface area contributed by atoms with E-state index in [1.807, 2.05) is 0 Å². The highest BCUT2D eigenvalue weighted by atomic mass is 16.2. The number of likely N-dealkylation sites (N-methyl/N-ethyl adjacent to an activating group) is 1. The summed E-state index contributed by atoms with van der Waals surface area (Å²) in [7, 11) is 0. The third-order valence-corrected chi connectivity index (χ3v) is 4.97. The SMILES string of the molecule is CCN1c2ccccc2C(C)(C)[C@]12CCCC(=O)N2. The maximum atomic E-state index is 12.0. The number of rotatable bonds is 1. The van der Waals surface area contributed by atoms with Gasteiger partial charge in [-0.25, -0.2) is 0 Å². The van der Waals surface area contributed by atoms with Crippen molar-refractivity contribution in [1.82, 2.24) is 5.32 Å². The van der Waals surface area contributed by atoms with Crippen LogP contribution in [0.2, 0.25) is 0 Å². The predicted octanol–water partition coefficient (Wildman–Crippen LogP) is 2.80. The van der Waals surface area contributed by atoms with Gasteiger partial charge in [0, 0.05) is 24.1 Å². The molecule has 19 heavy (non-hydrogen) atoms. The van der Waals surface area contributed by atoms with Crippen molar-refractivity contribution in [3.8, 4) is 0 Å². The quantitative estimate of drug-likeness (QED) is 0.840. The van der Waals surface area contributed by atoms with E-state index >= 15 is 0 Å². The van der Waals surface area contributed by atoms with Crippen molar-refractivity contribution in [3.05, 3.63) is 29.8 Å². The average Bonchev–Trinajstić information content (AvgIpc) is 2.56. The Morgan fingerprint density at radius 1 is 1.32 bits per heavy atom. The molecule has 3 rings (SSSR count). The number of anilines is 1. The highest BCUT2D eigenvalue weighted by Gasteiger charge is 2.57. The number of carbonyl (C=O) groups is 1. The molecule has 1 atom stereocenters. The third kappa shape index (κ3) is 1.47. The zero-order chi connectivity index (χ0) is 13.7. The van der Waals surface area contributed by atoms with Gasteiger partial charge in [-0.3, -0.25) is 4.79 Å². The van der Waals surface area contributed by atoms with E-state index in [4.69, 9.17) is 0 Å². The Morgan fingerprint density at radius 2 is 2.05 bits per heavy atom. The number of benzene rings is 1. The molecule has 2 aliphatic heterocycles.